The van der Waals surface area contributed by atoms with Crippen molar-refractivity contribution in [2.75, 3.05) is 0 Å². The number of halogens is 4. The second-order valence-electron chi connectivity index (χ2n) is 8.23. The number of ketones is 1. The Morgan fingerprint density at radius 2 is 1.09 bits per heavy atom. The maximum atomic E-state index is 14.8. The molecule has 5 heteroatoms. The number of carbonyl (C=O) groups is 1. The van der Waals surface area contributed by atoms with Gasteiger partial charge in [-0.05, 0) is 68.0 Å². The van der Waals surface area contributed by atoms with E-state index in [9.17, 15) is 13.6 Å². The second kappa shape index (κ2) is 9.40. The van der Waals surface area contributed by atoms with Gasteiger partial charge in [0.2, 0.25) is 0 Å². The van der Waals surface area contributed by atoms with E-state index in [0.717, 1.165) is 22.3 Å². The predicted octanol–water partition coefficient (Wildman–Crippen LogP) is 7.68. The van der Waals surface area contributed by atoms with Crippen LogP contribution in [-0.4, -0.2) is 14.9 Å². The molecule has 0 fully saturated rings. The zero-order valence-electron chi connectivity index (χ0n) is 17.3. The van der Waals surface area contributed by atoms with Crippen LogP contribution in [0.2, 0.25) is 0 Å². The van der Waals surface area contributed by atoms with Gasteiger partial charge in [-0.25, -0.2) is 8.78 Å². The SMILES string of the molecule is O=C(C1=C(Cc2ccccc2)CC(F)(Br)C=C1)C1=C(Cc2ccccc2)CC(F)(Br)C=C1. The lowest BCUT2D eigenvalue weighted by atomic mass is 9.83. The first-order valence-electron chi connectivity index (χ1n) is 10.4. The standard InChI is InChI=1S/C27H22Br2F2O/c28-26(30)13-11-23(21(17-26)15-19-7-3-1-4-8-19)25(32)24-12-14-27(29,31)18-22(24)16-20-9-5-2-6-10-20/h1-14H,15-18H2. The Morgan fingerprint density at radius 3 is 1.47 bits per heavy atom. The molecule has 4 rings (SSSR count). The molecule has 0 heterocycles. The number of benzene rings is 2. The molecule has 0 saturated heterocycles. The van der Waals surface area contributed by atoms with Gasteiger partial charge in [-0.15, -0.1) is 0 Å². The molecule has 2 atom stereocenters. The van der Waals surface area contributed by atoms with Gasteiger partial charge in [0, 0.05) is 24.0 Å². The summed E-state index contributed by atoms with van der Waals surface area (Å²) in [5, 5.41) is 0. The molecule has 1 nitrogen and oxygen atoms in total. The molecule has 0 radical (unpaired) electrons. The summed E-state index contributed by atoms with van der Waals surface area (Å²) in [7, 11) is 0. The van der Waals surface area contributed by atoms with E-state index < -0.39 is 9.16 Å². The van der Waals surface area contributed by atoms with Gasteiger partial charge in [-0.1, -0.05) is 84.0 Å². The smallest absolute Gasteiger partial charge is 0.192 e. The summed E-state index contributed by atoms with van der Waals surface area (Å²) in [6.45, 7) is 0. The Morgan fingerprint density at radius 1 is 0.719 bits per heavy atom. The van der Waals surface area contributed by atoms with Crippen LogP contribution in [-0.2, 0) is 17.6 Å². The van der Waals surface area contributed by atoms with Gasteiger partial charge < -0.3 is 0 Å². The quantitative estimate of drug-likeness (QED) is 0.332. The van der Waals surface area contributed by atoms with Crippen LogP contribution >= 0.6 is 31.9 Å². The average molecular weight is 560 g/mol. The highest BCUT2D eigenvalue weighted by Crippen LogP contribution is 2.41. The first kappa shape index (κ1) is 23.1. The van der Waals surface area contributed by atoms with E-state index in [0.29, 0.717) is 24.0 Å². The van der Waals surface area contributed by atoms with Gasteiger partial charge in [0.15, 0.2) is 14.9 Å². The molecular weight excluding hydrogens is 538 g/mol. The van der Waals surface area contributed by atoms with Crippen LogP contribution in [0.25, 0.3) is 0 Å². The number of rotatable bonds is 6. The molecule has 2 aliphatic carbocycles. The first-order chi connectivity index (χ1) is 15.2. The summed E-state index contributed by atoms with van der Waals surface area (Å²) in [6, 6.07) is 19.4. The van der Waals surface area contributed by atoms with Crippen molar-refractivity contribution in [2.45, 2.75) is 34.8 Å². The number of allylic oxidation sites excluding steroid dienone is 8. The first-order valence-corrected chi connectivity index (χ1v) is 12.0. The number of hydrogen-bond acceptors (Lipinski definition) is 1. The molecule has 0 amide bonds. The van der Waals surface area contributed by atoms with E-state index in [4.69, 9.17) is 0 Å². The second-order valence-corrected chi connectivity index (χ2v) is 10.9. The van der Waals surface area contributed by atoms with Crippen molar-refractivity contribution >= 4 is 37.6 Å². The third kappa shape index (κ3) is 5.62. The highest BCUT2D eigenvalue weighted by Gasteiger charge is 2.34. The van der Waals surface area contributed by atoms with Gasteiger partial charge in [0.05, 0.1) is 0 Å². The zero-order valence-corrected chi connectivity index (χ0v) is 20.5. The molecule has 2 aromatic carbocycles. The summed E-state index contributed by atoms with van der Waals surface area (Å²) in [6.07, 6.45) is 6.98. The highest BCUT2D eigenvalue weighted by molar-refractivity contribution is 9.10. The van der Waals surface area contributed by atoms with Crippen molar-refractivity contribution in [3.8, 4) is 0 Å². The fraction of sp³-hybridized carbons (Fsp3) is 0.222. The molecule has 0 N–H and O–H groups in total. The highest BCUT2D eigenvalue weighted by atomic mass is 79.9. The van der Waals surface area contributed by atoms with Crippen LogP contribution in [0.4, 0.5) is 8.78 Å². The van der Waals surface area contributed by atoms with Crippen molar-refractivity contribution in [1.82, 2.24) is 0 Å². The molecule has 0 bridgehead atoms. The van der Waals surface area contributed by atoms with Crippen molar-refractivity contribution in [3.05, 3.63) is 118 Å². The molecule has 2 aliphatic rings. The monoisotopic (exact) mass is 558 g/mol. The predicted molar refractivity (Wildman–Crippen MR) is 132 cm³/mol. The van der Waals surface area contributed by atoms with Crippen LogP contribution in [0.5, 0.6) is 0 Å². The van der Waals surface area contributed by atoms with E-state index in [-0.39, 0.29) is 18.6 Å². The molecule has 0 spiro atoms. The molecule has 0 aromatic heterocycles. The van der Waals surface area contributed by atoms with E-state index >= 15 is 0 Å². The topological polar surface area (TPSA) is 17.1 Å². The third-order valence-corrected chi connectivity index (χ3v) is 6.75. The fourth-order valence-electron chi connectivity index (χ4n) is 4.14. The van der Waals surface area contributed by atoms with E-state index in [1.165, 1.54) is 12.2 Å². The van der Waals surface area contributed by atoms with Crippen LogP contribution < -0.4 is 0 Å². The molecule has 32 heavy (non-hydrogen) atoms. The maximum absolute atomic E-state index is 14.8. The number of carbonyl (C=O) groups excluding carboxylic acids is 1. The summed E-state index contributed by atoms with van der Waals surface area (Å²) in [5.74, 6) is -0.194. The van der Waals surface area contributed by atoms with Crippen molar-refractivity contribution in [2.24, 2.45) is 0 Å². The van der Waals surface area contributed by atoms with Gasteiger partial charge in [0.1, 0.15) is 0 Å². The summed E-state index contributed by atoms with van der Waals surface area (Å²) in [5.41, 5.74) is 4.41. The molecule has 2 aromatic rings. The minimum atomic E-state index is -1.69. The molecule has 164 valence electrons. The molecule has 2 unspecified atom stereocenters. The van der Waals surface area contributed by atoms with E-state index in [2.05, 4.69) is 31.9 Å². The van der Waals surface area contributed by atoms with E-state index in [1.54, 1.807) is 12.2 Å². The van der Waals surface area contributed by atoms with Gasteiger partial charge in [-0.2, -0.15) is 0 Å². The zero-order chi connectivity index (χ0) is 22.8. The van der Waals surface area contributed by atoms with Crippen LogP contribution in [0, 0.1) is 0 Å². The average Bonchev–Trinajstić information content (AvgIpc) is 2.74. The van der Waals surface area contributed by atoms with Crippen molar-refractivity contribution in [3.63, 3.8) is 0 Å². The summed E-state index contributed by atoms with van der Waals surface area (Å²) < 4.78 is 26.2. The van der Waals surface area contributed by atoms with Gasteiger partial charge in [0.25, 0.3) is 0 Å². The lowest BCUT2D eigenvalue weighted by molar-refractivity contribution is -0.111. The normalized spacial score (nSPS) is 25.4. The van der Waals surface area contributed by atoms with Gasteiger partial charge in [-0.3, -0.25) is 4.79 Å². The molecule has 0 aliphatic heterocycles. The molecule has 0 saturated carbocycles. The Hall–Kier alpha value is -2.11. The lowest BCUT2D eigenvalue weighted by Crippen LogP contribution is -2.23. The van der Waals surface area contributed by atoms with Gasteiger partial charge >= 0.3 is 0 Å². The van der Waals surface area contributed by atoms with Crippen LogP contribution in [0.15, 0.2) is 107 Å². The van der Waals surface area contributed by atoms with Crippen LogP contribution in [0.3, 0.4) is 0 Å². The number of alkyl halides is 4. The largest absolute Gasteiger partial charge is 0.289 e. The van der Waals surface area contributed by atoms with E-state index in [1.807, 2.05) is 60.7 Å². The Balaban J connectivity index is 1.74. The number of Topliss-reactive ketones (excluding diaryl/α,β-unsaturated/α-hetero) is 1. The summed E-state index contributed by atoms with van der Waals surface area (Å²) in [4.78, 5) is 13.7. The maximum Gasteiger partial charge on any atom is 0.192 e. The Kier molecular flexibility index (Phi) is 6.78. The van der Waals surface area contributed by atoms with Crippen molar-refractivity contribution in [1.29, 1.82) is 0 Å². The molecular formula is C27H22Br2F2O. The van der Waals surface area contributed by atoms with Crippen molar-refractivity contribution < 1.29 is 13.6 Å². The third-order valence-electron chi connectivity index (χ3n) is 5.66. The van der Waals surface area contributed by atoms with Crippen LogP contribution in [0.1, 0.15) is 24.0 Å². The minimum Gasteiger partial charge on any atom is -0.289 e. The number of hydrogen-bond donors (Lipinski definition) is 0. The Bertz CT molecular complexity index is 1040. The lowest BCUT2D eigenvalue weighted by Gasteiger charge is -2.27. The summed E-state index contributed by atoms with van der Waals surface area (Å²) >= 11 is 6.22. The Labute approximate surface area is 203 Å². The fourth-order valence-corrected chi connectivity index (χ4v) is 5.08. The minimum absolute atomic E-state index is 0.0793.